The summed E-state index contributed by atoms with van der Waals surface area (Å²) >= 11 is 0. The molecule has 0 fully saturated rings. The van der Waals surface area contributed by atoms with Crippen molar-refractivity contribution < 1.29 is 8.97 Å². The molecule has 0 rings (SSSR count). The van der Waals surface area contributed by atoms with Gasteiger partial charge in [-0.15, -0.1) is 0 Å². The summed E-state index contributed by atoms with van der Waals surface area (Å²) < 4.78 is 2.66. The molecule has 0 aromatic heterocycles. The molecule has 0 aromatic rings. The van der Waals surface area contributed by atoms with Gasteiger partial charge in [0.05, 0.1) is 52.4 Å². The van der Waals surface area contributed by atoms with Crippen LogP contribution in [0.25, 0.3) is 0 Å². The largest absolute Gasteiger partial charge is 0.324 e. The number of nitrogens with zero attached hydrogens (tertiary/aromatic N) is 2. The molecular formula is C28H62N2+2. The molecular weight excluding hydrogens is 364 g/mol. The third-order valence-corrected chi connectivity index (χ3v) is 8.54. The van der Waals surface area contributed by atoms with E-state index in [2.05, 4.69) is 41.5 Å². The molecule has 0 aliphatic carbocycles. The highest BCUT2D eigenvalue weighted by Crippen LogP contribution is 2.15. The van der Waals surface area contributed by atoms with Crippen LogP contribution >= 0.6 is 0 Å². The van der Waals surface area contributed by atoms with Gasteiger partial charge in [0, 0.05) is 0 Å². The van der Waals surface area contributed by atoms with Gasteiger partial charge in [0.2, 0.25) is 0 Å². The monoisotopic (exact) mass is 426 g/mol. The third-order valence-electron chi connectivity index (χ3n) is 8.54. The molecule has 0 unspecified atom stereocenters. The molecule has 0 heterocycles. The molecule has 0 aliphatic rings. The van der Waals surface area contributed by atoms with E-state index >= 15 is 0 Å². The van der Waals surface area contributed by atoms with Gasteiger partial charge in [-0.05, 0) is 67.2 Å². The molecule has 182 valence electrons. The standard InChI is InChI=1S/C28H62N2/c1-7-29(8-2,9-3)27-25-23-21-19-17-15-13-14-16-18-20-22-24-26-28-30(10-4,11-5)12-6/h7-28H2,1-6H3/q+2. The summed E-state index contributed by atoms with van der Waals surface area (Å²) in [5, 5.41) is 0. The van der Waals surface area contributed by atoms with Gasteiger partial charge in [0.1, 0.15) is 0 Å². The van der Waals surface area contributed by atoms with Gasteiger partial charge >= 0.3 is 0 Å². The topological polar surface area (TPSA) is 0 Å². The van der Waals surface area contributed by atoms with E-state index in [4.69, 9.17) is 0 Å². The van der Waals surface area contributed by atoms with E-state index in [1.165, 1.54) is 151 Å². The highest BCUT2D eigenvalue weighted by Gasteiger charge is 2.20. The summed E-state index contributed by atoms with van der Waals surface area (Å²) in [6.07, 6.45) is 20.5. The van der Waals surface area contributed by atoms with Crippen LogP contribution in [-0.2, 0) is 0 Å². The molecule has 0 bridgehead atoms. The fourth-order valence-electron chi connectivity index (χ4n) is 5.31. The zero-order valence-corrected chi connectivity index (χ0v) is 22.5. The second-order valence-corrected chi connectivity index (χ2v) is 9.98. The zero-order chi connectivity index (χ0) is 22.6. The molecule has 2 heteroatoms. The van der Waals surface area contributed by atoms with Gasteiger partial charge in [-0.1, -0.05) is 64.2 Å². The molecule has 0 spiro atoms. The summed E-state index contributed by atoms with van der Waals surface area (Å²) in [6, 6.07) is 0. The Hall–Kier alpha value is -0.0800. The maximum atomic E-state index is 2.36. The normalized spacial score (nSPS) is 12.6. The quantitative estimate of drug-likeness (QED) is 0.114. The molecule has 0 atom stereocenters. The van der Waals surface area contributed by atoms with Crippen molar-refractivity contribution in [2.45, 2.75) is 131 Å². The van der Waals surface area contributed by atoms with E-state index in [0.717, 1.165) is 0 Å². The van der Waals surface area contributed by atoms with E-state index < -0.39 is 0 Å². The minimum Gasteiger partial charge on any atom is -0.324 e. The molecule has 2 nitrogen and oxygen atoms in total. The molecule has 0 aromatic carbocycles. The van der Waals surface area contributed by atoms with E-state index in [9.17, 15) is 0 Å². The van der Waals surface area contributed by atoms with Crippen LogP contribution < -0.4 is 0 Å². The fourth-order valence-corrected chi connectivity index (χ4v) is 5.31. The van der Waals surface area contributed by atoms with Gasteiger partial charge in [-0.2, -0.15) is 0 Å². The summed E-state index contributed by atoms with van der Waals surface area (Å²) in [7, 11) is 0. The molecule has 0 saturated heterocycles. The average Bonchev–Trinajstić information content (AvgIpc) is 2.79. The van der Waals surface area contributed by atoms with Gasteiger partial charge in [-0.25, -0.2) is 0 Å². The van der Waals surface area contributed by atoms with Gasteiger partial charge in [0.25, 0.3) is 0 Å². The first-order valence-electron chi connectivity index (χ1n) is 14.3. The summed E-state index contributed by atoms with van der Waals surface area (Å²) in [5.74, 6) is 0. The Labute approximate surface area is 193 Å². The van der Waals surface area contributed by atoms with Crippen molar-refractivity contribution in [2.24, 2.45) is 0 Å². The van der Waals surface area contributed by atoms with Crippen molar-refractivity contribution in [3.05, 3.63) is 0 Å². The predicted octanol–water partition coefficient (Wildman–Crippen LogP) is 8.20. The first-order valence-corrected chi connectivity index (χ1v) is 14.3. The number of quaternary nitrogens is 2. The van der Waals surface area contributed by atoms with Gasteiger partial charge < -0.3 is 8.97 Å². The molecule has 0 amide bonds. The van der Waals surface area contributed by atoms with Crippen molar-refractivity contribution in [1.29, 1.82) is 0 Å². The predicted molar refractivity (Wildman–Crippen MR) is 138 cm³/mol. The van der Waals surface area contributed by atoms with E-state index in [1.807, 2.05) is 0 Å². The Morgan fingerprint density at radius 1 is 0.267 bits per heavy atom. The SMILES string of the molecule is CC[N+](CC)(CC)CCCCCCCCCCCCCCCC[N+](CC)(CC)CC. The lowest BCUT2D eigenvalue weighted by atomic mass is 10.0. The second-order valence-electron chi connectivity index (χ2n) is 9.98. The maximum Gasteiger partial charge on any atom is 0.0786 e. The lowest BCUT2D eigenvalue weighted by Crippen LogP contribution is -2.48. The third kappa shape index (κ3) is 13.4. The Kier molecular flexibility index (Phi) is 19.5. The highest BCUT2D eigenvalue weighted by molar-refractivity contribution is 4.51. The first kappa shape index (κ1) is 29.9. The van der Waals surface area contributed by atoms with Crippen LogP contribution in [0, 0.1) is 0 Å². The van der Waals surface area contributed by atoms with Crippen LogP contribution in [-0.4, -0.2) is 61.3 Å². The summed E-state index contributed by atoms with van der Waals surface area (Å²) in [4.78, 5) is 0. The Bertz CT molecular complexity index is 294. The van der Waals surface area contributed by atoms with Crippen molar-refractivity contribution in [3.63, 3.8) is 0 Å². The zero-order valence-electron chi connectivity index (χ0n) is 22.5. The van der Waals surface area contributed by atoms with Crippen molar-refractivity contribution >= 4 is 0 Å². The van der Waals surface area contributed by atoms with Crippen LogP contribution in [0.15, 0.2) is 0 Å². The van der Waals surface area contributed by atoms with E-state index in [0.29, 0.717) is 0 Å². The summed E-state index contributed by atoms with van der Waals surface area (Å²) in [6.45, 7) is 24.8. The first-order chi connectivity index (χ1) is 14.6. The van der Waals surface area contributed by atoms with Crippen LogP contribution in [0.2, 0.25) is 0 Å². The minimum atomic E-state index is 1.31. The van der Waals surface area contributed by atoms with Crippen LogP contribution in [0.4, 0.5) is 0 Å². The highest BCUT2D eigenvalue weighted by atomic mass is 15.3. The number of rotatable bonds is 23. The molecule has 0 aliphatic heterocycles. The Morgan fingerprint density at radius 3 is 0.600 bits per heavy atom. The van der Waals surface area contributed by atoms with Crippen LogP contribution in [0.1, 0.15) is 131 Å². The lowest BCUT2D eigenvalue weighted by Gasteiger charge is -2.35. The van der Waals surface area contributed by atoms with Crippen LogP contribution in [0.5, 0.6) is 0 Å². The maximum absolute atomic E-state index is 2.36. The van der Waals surface area contributed by atoms with Gasteiger partial charge in [0.15, 0.2) is 0 Å². The Morgan fingerprint density at radius 2 is 0.433 bits per heavy atom. The van der Waals surface area contributed by atoms with E-state index in [-0.39, 0.29) is 0 Å². The Balaban J connectivity index is 3.38. The molecule has 0 N–H and O–H groups in total. The number of hydrogen-bond donors (Lipinski definition) is 0. The number of unbranched alkanes of at least 4 members (excludes halogenated alkanes) is 13. The van der Waals surface area contributed by atoms with Crippen molar-refractivity contribution in [1.82, 2.24) is 0 Å². The van der Waals surface area contributed by atoms with Crippen molar-refractivity contribution in [3.8, 4) is 0 Å². The molecule has 0 saturated carbocycles. The van der Waals surface area contributed by atoms with E-state index in [1.54, 1.807) is 0 Å². The number of hydrogen-bond acceptors (Lipinski definition) is 0. The molecule has 30 heavy (non-hydrogen) atoms. The minimum absolute atomic E-state index is 1.31. The second kappa shape index (κ2) is 19.6. The molecule has 0 radical (unpaired) electrons. The lowest BCUT2D eigenvalue weighted by molar-refractivity contribution is -0.923. The van der Waals surface area contributed by atoms with Crippen molar-refractivity contribution in [2.75, 3.05) is 52.4 Å². The van der Waals surface area contributed by atoms with Crippen LogP contribution in [0.3, 0.4) is 0 Å². The fraction of sp³-hybridized carbons (Fsp3) is 1.00. The smallest absolute Gasteiger partial charge is 0.0786 e. The summed E-state index contributed by atoms with van der Waals surface area (Å²) in [5.41, 5.74) is 0. The van der Waals surface area contributed by atoms with Gasteiger partial charge in [-0.3, -0.25) is 0 Å². The average molecular weight is 427 g/mol.